The van der Waals surface area contributed by atoms with Crippen LogP contribution in [0.2, 0.25) is 0 Å². The van der Waals surface area contributed by atoms with E-state index >= 15 is 0 Å². The molecule has 0 aliphatic rings. The highest BCUT2D eigenvalue weighted by atomic mass is 32.1. The Balaban J connectivity index is 1.46. The van der Waals surface area contributed by atoms with Crippen LogP contribution in [0.15, 0.2) is 41.4 Å². The zero-order valence-corrected chi connectivity index (χ0v) is 25.4. The smallest absolute Gasteiger partial charge is 0.224 e. The maximum absolute atomic E-state index is 6.04. The Labute approximate surface area is 238 Å². The van der Waals surface area contributed by atoms with E-state index in [9.17, 15) is 0 Å². The summed E-state index contributed by atoms with van der Waals surface area (Å²) < 4.78 is 20.2. The van der Waals surface area contributed by atoms with Gasteiger partial charge in [-0.2, -0.15) is 4.57 Å². The largest absolute Gasteiger partial charge is 0.379 e. The molecule has 0 amide bonds. The molecule has 1 aromatic heterocycles. The van der Waals surface area contributed by atoms with E-state index in [1.807, 2.05) is 0 Å². The van der Waals surface area contributed by atoms with Gasteiger partial charge in [0.25, 0.3) is 0 Å². The third kappa shape index (κ3) is 17.3. The van der Waals surface area contributed by atoms with Gasteiger partial charge in [-0.25, -0.2) is 0 Å². The average Bonchev–Trinajstić information content (AvgIpc) is 3.44. The Hall–Kier alpha value is -1.27. The second kappa shape index (κ2) is 23.6. The second-order valence-corrected chi connectivity index (χ2v) is 11.5. The number of ether oxygens (including phenoxy) is 3. The number of hydrogen-bond donors (Lipinski definition) is 0. The van der Waals surface area contributed by atoms with Crippen LogP contribution >= 0.6 is 11.3 Å². The predicted octanol–water partition coefficient (Wildman–Crippen LogP) is 8.89. The summed E-state index contributed by atoms with van der Waals surface area (Å²) in [6.07, 6.45) is 22.5. The number of rotatable bonds is 26. The van der Waals surface area contributed by atoms with Gasteiger partial charge in [-0.15, -0.1) is 0 Å². The van der Waals surface area contributed by atoms with Crippen LogP contribution in [-0.2, 0) is 27.4 Å². The first-order chi connectivity index (χ1) is 18.8. The average molecular weight is 547 g/mol. The van der Waals surface area contributed by atoms with Crippen LogP contribution in [-0.4, -0.2) is 32.5 Å². The highest BCUT2D eigenvalue weighted by molar-refractivity contribution is 7.07. The van der Waals surface area contributed by atoms with Gasteiger partial charge in [0.2, 0.25) is 5.51 Å². The molecule has 0 saturated heterocycles. The Bertz CT molecular complexity index is 767. The molecule has 0 bridgehead atoms. The molecule has 216 valence electrons. The minimum absolute atomic E-state index is 0.00568. The van der Waals surface area contributed by atoms with Crippen LogP contribution in [0.25, 0.3) is 0 Å². The lowest BCUT2D eigenvalue weighted by atomic mass is 10.0. The van der Waals surface area contributed by atoms with Crippen molar-refractivity contribution in [2.24, 2.45) is 0 Å². The van der Waals surface area contributed by atoms with E-state index in [1.54, 1.807) is 11.3 Å². The van der Waals surface area contributed by atoms with E-state index in [2.05, 4.69) is 59.8 Å². The Morgan fingerprint density at radius 1 is 0.711 bits per heavy atom. The van der Waals surface area contributed by atoms with Crippen molar-refractivity contribution in [3.63, 3.8) is 0 Å². The van der Waals surface area contributed by atoms with Crippen molar-refractivity contribution in [2.75, 3.05) is 26.4 Å². The Morgan fingerprint density at radius 3 is 1.97 bits per heavy atom. The second-order valence-electron chi connectivity index (χ2n) is 10.7. The molecule has 0 saturated carbocycles. The molecule has 4 nitrogen and oxygen atoms in total. The molecule has 0 N–H and O–H groups in total. The minimum atomic E-state index is 0.00568. The molecule has 1 aromatic carbocycles. The summed E-state index contributed by atoms with van der Waals surface area (Å²) in [6, 6.07) is 8.66. The zero-order chi connectivity index (χ0) is 26.9. The maximum atomic E-state index is 6.04. The molecule has 2 rings (SSSR count). The van der Waals surface area contributed by atoms with Crippen LogP contribution in [0.3, 0.4) is 0 Å². The molecule has 2 aromatic rings. The van der Waals surface area contributed by atoms with Gasteiger partial charge in [-0.3, -0.25) is 0 Å². The van der Waals surface area contributed by atoms with E-state index in [-0.39, 0.29) is 6.10 Å². The van der Waals surface area contributed by atoms with Crippen LogP contribution in [0, 0.1) is 0 Å². The summed E-state index contributed by atoms with van der Waals surface area (Å²) in [7, 11) is 0. The first-order valence-corrected chi connectivity index (χ1v) is 16.5. The minimum Gasteiger partial charge on any atom is -0.379 e. The van der Waals surface area contributed by atoms with Crippen molar-refractivity contribution in [1.82, 2.24) is 0 Å². The molecule has 38 heavy (non-hydrogen) atoms. The lowest BCUT2D eigenvalue weighted by Crippen LogP contribution is -2.30. The van der Waals surface area contributed by atoms with E-state index in [0.717, 1.165) is 32.6 Å². The number of thiazole rings is 1. The van der Waals surface area contributed by atoms with Crippen LogP contribution in [0.4, 0.5) is 0 Å². The zero-order valence-electron chi connectivity index (χ0n) is 24.5. The third-order valence-electron chi connectivity index (χ3n) is 6.96. The highest BCUT2D eigenvalue weighted by Crippen LogP contribution is 2.13. The first-order valence-electron chi connectivity index (χ1n) is 15.6. The summed E-state index contributed by atoms with van der Waals surface area (Å²) in [5, 5.41) is 2.10. The van der Waals surface area contributed by atoms with Crippen LogP contribution < -0.4 is 4.57 Å². The SMILES string of the molecule is CCCCCCCCCCCCCCCCOCC(COCc1cccc(C[n+]2ccsc2)c1)OCCC. The Kier molecular flexibility index (Phi) is 20.5. The fourth-order valence-electron chi connectivity index (χ4n) is 4.73. The van der Waals surface area contributed by atoms with E-state index in [4.69, 9.17) is 14.2 Å². The standard InChI is InChI=1S/C33H56NO3S/c1-3-5-6-7-8-9-10-11-12-13-14-15-16-17-23-35-28-33(37-22-4-2)29-36-27-32-20-18-19-31(25-32)26-34-21-24-38-30-34/h18-21,24-25,30,33H,3-17,22-23,26-29H2,1-2H3/q+1. The molecule has 0 radical (unpaired) electrons. The normalized spacial score (nSPS) is 12.3. The van der Waals surface area contributed by atoms with Crippen molar-refractivity contribution in [3.05, 3.63) is 52.5 Å². The van der Waals surface area contributed by atoms with Gasteiger partial charge in [0.1, 0.15) is 6.10 Å². The number of unbranched alkanes of at least 4 members (excludes halogenated alkanes) is 13. The van der Waals surface area contributed by atoms with Crippen molar-refractivity contribution in [2.45, 2.75) is 129 Å². The van der Waals surface area contributed by atoms with Gasteiger partial charge in [-0.05, 0) is 24.5 Å². The molecular weight excluding hydrogens is 490 g/mol. The van der Waals surface area contributed by atoms with Crippen LogP contribution in [0.5, 0.6) is 0 Å². The third-order valence-corrected chi connectivity index (χ3v) is 7.63. The van der Waals surface area contributed by atoms with Gasteiger partial charge in [0.05, 0.1) is 25.2 Å². The number of aromatic nitrogens is 1. The topological polar surface area (TPSA) is 31.6 Å². The summed E-state index contributed by atoms with van der Waals surface area (Å²) in [5.41, 5.74) is 4.64. The highest BCUT2D eigenvalue weighted by Gasteiger charge is 2.11. The van der Waals surface area contributed by atoms with Gasteiger partial charge >= 0.3 is 0 Å². The van der Waals surface area contributed by atoms with Crippen molar-refractivity contribution >= 4 is 11.3 Å². The monoisotopic (exact) mass is 546 g/mol. The molecular formula is C33H56NO3S+. The van der Waals surface area contributed by atoms with E-state index < -0.39 is 0 Å². The number of benzene rings is 1. The Morgan fingerprint density at radius 2 is 1.34 bits per heavy atom. The molecule has 1 heterocycles. The maximum Gasteiger partial charge on any atom is 0.224 e. The predicted molar refractivity (Wildman–Crippen MR) is 161 cm³/mol. The summed E-state index contributed by atoms with van der Waals surface area (Å²) >= 11 is 1.72. The number of hydrogen-bond acceptors (Lipinski definition) is 4. The lowest BCUT2D eigenvalue weighted by Gasteiger charge is -2.18. The molecule has 5 heteroatoms. The summed E-state index contributed by atoms with van der Waals surface area (Å²) in [6.45, 7) is 8.70. The summed E-state index contributed by atoms with van der Waals surface area (Å²) in [5.74, 6) is 0. The molecule has 0 aliphatic carbocycles. The van der Waals surface area contributed by atoms with Crippen LogP contribution in [0.1, 0.15) is 121 Å². The number of nitrogens with zero attached hydrogens (tertiary/aromatic N) is 1. The van der Waals surface area contributed by atoms with Gasteiger partial charge in [0.15, 0.2) is 12.7 Å². The van der Waals surface area contributed by atoms with Crippen molar-refractivity contribution in [3.8, 4) is 0 Å². The molecule has 0 fully saturated rings. The summed E-state index contributed by atoms with van der Waals surface area (Å²) in [4.78, 5) is 0. The molecule has 1 unspecified atom stereocenters. The van der Waals surface area contributed by atoms with E-state index in [1.165, 1.54) is 94.6 Å². The van der Waals surface area contributed by atoms with Gasteiger partial charge < -0.3 is 14.2 Å². The lowest BCUT2D eigenvalue weighted by molar-refractivity contribution is -0.683. The van der Waals surface area contributed by atoms with Crippen molar-refractivity contribution in [1.29, 1.82) is 0 Å². The fraction of sp³-hybridized carbons (Fsp3) is 0.727. The van der Waals surface area contributed by atoms with Gasteiger partial charge in [-0.1, -0.05) is 127 Å². The fourth-order valence-corrected chi connectivity index (χ4v) is 5.33. The van der Waals surface area contributed by atoms with E-state index in [0.29, 0.717) is 19.8 Å². The molecule has 1 atom stereocenters. The molecule has 0 spiro atoms. The first kappa shape index (κ1) is 32.9. The quantitative estimate of drug-likeness (QED) is 0.0872. The molecule has 0 aliphatic heterocycles. The van der Waals surface area contributed by atoms with Crippen molar-refractivity contribution < 1.29 is 18.8 Å². The van der Waals surface area contributed by atoms with Gasteiger partial charge in [0, 0.05) is 18.8 Å².